The van der Waals surface area contributed by atoms with E-state index < -0.39 is 0 Å². The molecule has 0 fully saturated rings. The molecule has 0 atom stereocenters. The van der Waals surface area contributed by atoms with Crippen LogP contribution >= 0.6 is 11.3 Å². The van der Waals surface area contributed by atoms with E-state index in [2.05, 4.69) is 31.9 Å². The summed E-state index contributed by atoms with van der Waals surface area (Å²) in [7, 11) is 0. The lowest BCUT2D eigenvalue weighted by molar-refractivity contribution is 0.0988. The highest BCUT2D eigenvalue weighted by Gasteiger charge is 2.22. The molecule has 0 spiro atoms. The Morgan fingerprint density at radius 2 is 1.76 bits per heavy atom. The van der Waals surface area contributed by atoms with Gasteiger partial charge in [0, 0.05) is 5.56 Å². The van der Waals surface area contributed by atoms with Crippen LogP contribution in [-0.4, -0.2) is 23.7 Å². The molecule has 1 amide bonds. The summed E-state index contributed by atoms with van der Waals surface area (Å²) in [6, 6.07) is 21.4. The minimum atomic E-state index is -0.224. The van der Waals surface area contributed by atoms with Gasteiger partial charge in [-0.25, -0.2) is 4.98 Å². The fraction of sp³-hybridized carbons (Fsp3) is 0.250. The monoisotopic (exact) mass is 471 g/mol. The molecule has 34 heavy (non-hydrogen) atoms. The molecule has 0 aliphatic heterocycles. The Labute approximate surface area is 204 Å². The fourth-order valence-electron chi connectivity index (χ4n) is 3.48. The van der Waals surface area contributed by atoms with Crippen molar-refractivity contribution in [2.24, 2.45) is 5.10 Å². The number of aryl methyl sites for hydroxylation is 1. The van der Waals surface area contributed by atoms with E-state index in [1.54, 1.807) is 6.21 Å². The van der Waals surface area contributed by atoms with Gasteiger partial charge in [-0.05, 0) is 84.5 Å². The summed E-state index contributed by atoms with van der Waals surface area (Å²) in [4.78, 5) is 18.3. The van der Waals surface area contributed by atoms with Gasteiger partial charge < -0.3 is 4.74 Å². The summed E-state index contributed by atoms with van der Waals surface area (Å²) >= 11 is 1.45. The van der Waals surface area contributed by atoms with E-state index in [1.807, 2.05) is 74.5 Å². The Kier molecular flexibility index (Phi) is 6.80. The van der Waals surface area contributed by atoms with Gasteiger partial charge in [0.05, 0.1) is 23.0 Å². The number of hydrogen-bond acceptors (Lipinski definition) is 5. The molecule has 1 aromatic heterocycles. The van der Waals surface area contributed by atoms with Crippen LogP contribution in [0.3, 0.4) is 0 Å². The van der Waals surface area contributed by atoms with E-state index in [1.165, 1.54) is 21.9 Å². The zero-order chi connectivity index (χ0) is 24.3. The van der Waals surface area contributed by atoms with Crippen LogP contribution in [0.1, 0.15) is 54.7 Å². The fourth-order valence-corrected chi connectivity index (χ4v) is 4.50. The first-order valence-electron chi connectivity index (χ1n) is 11.3. The van der Waals surface area contributed by atoms with Crippen molar-refractivity contribution >= 4 is 38.8 Å². The van der Waals surface area contributed by atoms with E-state index in [9.17, 15) is 4.79 Å². The maximum atomic E-state index is 13.6. The van der Waals surface area contributed by atoms with Gasteiger partial charge in [0.15, 0.2) is 0 Å². The van der Waals surface area contributed by atoms with Crippen molar-refractivity contribution in [1.82, 2.24) is 4.98 Å². The quantitative estimate of drug-likeness (QED) is 0.225. The van der Waals surface area contributed by atoms with E-state index >= 15 is 0 Å². The van der Waals surface area contributed by atoms with Crippen molar-refractivity contribution in [3.05, 3.63) is 89.0 Å². The lowest BCUT2D eigenvalue weighted by Gasteiger charge is -2.19. The molecule has 0 radical (unpaired) electrons. The number of fused-ring (bicyclic) bond motifs is 1. The third kappa shape index (κ3) is 5.34. The SMILES string of the molecule is CCOc1ccc(/C=N/N(C(=O)c2ccc(C(C)(C)C)cc2)c2nc3ccc(C)cc3s2)cc1. The zero-order valence-corrected chi connectivity index (χ0v) is 21.0. The highest BCUT2D eigenvalue weighted by atomic mass is 32.1. The molecule has 174 valence electrons. The molecule has 0 saturated heterocycles. The number of amides is 1. The van der Waals surface area contributed by atoms with E-state index in [0.29, 0.717) is 17.3 Å². The van der Waals surface area contributed by atoms with Crippen LogP contribution in [0.25, 0.3) is 10.2 Å². The second-order valence-electron chi connectivity index (χ2n) is 9.16. The summed E-state index contributed by atoms with van der Waals surface area (Å²) < 4.78 is 6.53. The number of hydrogen-bond donors (Lipinski definition) is 0. The standard InChI is InChI=1S/C28H29N3O2S/c1-6-33-23-14-8-20(9-15-23)18-29-31(27-30-24-16-7-19(2)17-25(24)34-27)26(32)21-10-12-22(13-11-21)28(3,4)5/h7-18H,6H2,1-5H3/b29-18+. The van der Waals surface area contributed by atoms with Crippen molar-refractivity contribution < 1.29 is 9.53 Å². The maximum absolute atomic E-state index is 13.6. The second-order valence-corrected chi connectivity index (χ2v) is 10.2. The number of ether oxygens (including phenoxy) is 1. The smallest absolute Gasteiger partial charge is 0.280 e. The lowest BCUT2D eigenvalue weighted by atomic mass is 9.87. The van der Waals surface area contributed by atoms with Gasteiger partial charge in [0.2, 0.25) is 5.13 Å². The second kappa shape index (κ2) is 9.77. The van der Waals surface area contributed by atoms with Gasteiger partial charge in [-0.15, -0.1) is 0 Å². The number of aromatic nitrogens is 1. The first-order chi connectivity index (χ1) is 16.2. The van der Waals surface area contributed by atoms with Crippen molar-refractivity contribution in [3.63, 3.8) is 0 Å². The average molecular weight is 472 g/mol. The number of carbonyl (C=O) groups is 1. The number of hydrazone groups is 1. The first-order valence-corrected chi connectivity index (χ1v) is 12.2. The predicted octanol–water partition coefficient (Wildman–Crippen LogP) is 6.98. The van der Waals surface area contributed by atoms with Crippen molar-refractivity contribution in [2.45, 2.75) is 40.0 Å². The Morgan fingerprint density at radius 1 is 1.06 bits per heavy atom. The number of nitrogens with zero attached hydrogens (tertiary/aromatic N) is 3. The molecule has 1 heterocycles. The van der Waals surface area contributed by atoms with Crippen LogP contribution in [0, 0.1) is 6.92 Å². The van der Waals surface area contributed by atoms with E-state index in [-0.39, 0.29) is 11.3 Å². The molecule has 4 aromatic rings. The van der Waals surface area contributed by atoms with Gasteiger partial charge in [0.1, 0.15) is 5.75 Å². The van der Waals surface area contributed by atoms with Crippen LogP contribution in [0.4, 0.5) is 5.13 Å². The topological polar surface area (TPSA) is 54.8 Å². The van der Waals surface area contributed by atoms with Crippen LogP contribution < -0.4 is 9.75 Å². The zero-order valence-electron chi connectivity index (χ0n) is 20.2. The molecular formula is C28H29N3O2S. The molecule has 0 aliphatic rings. The van der Waals surface area contributed by atoms with Gasteiger partial charge >= 0.3 is 0 Å². The third-order valence-corrected chi connectivity index (χ3v) is 6.41. The van der Waals surface area contributed by atoms with Crippen LogP contribution in [0.5, 0.6) is 5.75 Å². The molecule has 0 unspecified atom stereocenters. The van der Waals surface area contributed by atoms with Crippen molar-refractivity contribution in [2.75, 3.05) is 11.6 Å². The molecule has 0 saturated carbocycles. The number of carbonyl (C=O) groups excluding carboxylic acids is 1. The van der Waals surface area contributed by atoms with Crippen LogP contribution in [0.15, 0.2) is 71.8 Å². The molecule has 4 rings (SSSR count). The van der Waals surface area contributed by atoms with Gasteiger partial charge in [0.25, 0.3) is 5.91 Å². The maximum Gasteiger partial charge on any atom is 0.280 e. The number of benzene rings is 3. The van der Waals surface area contributed by atoms with Crippen LogP contribution in [-0.2, 0) is 5.41 Å². The lowest BCUT2D eigenvalue weighted by Crippen LogP contribution is -2.25. The van der Waals surface area contributed by atoms with E-state index in [4.69, 9.17) is 9.72 Å². The Balaban J connectivity index is 1.70. The highest BCUT2D eigenvalue weighted by Crippen LogP contribution is 2.31. The largest absolute Gasteiger partial charge is 0.494 e. The average Bonchev–Trinajstić information content (AvgIpc) is 3.22. The Bertz CT molecular complexity index is 1320. The summed E-state index contributed by atoms with van der Waals surface area (Å²) in [5, 5.41) is 6.50. The molecule has 0 bridgehead atoms. The van der Waals surface area contributed by atoms with Gasteiger partial charge in [-0.2, -0.15) is 10.1 Å². The molecule has 5 nitrogen and oxygen atoms in total. The van der Waals surface area contributed by atoms with Crippen molar-refractivity contribution in [3.8, 4) is 5.75 Å². The minimum Gasteiger partial charge on any atom is -0.494 e. The number of thiazole rings is 1. The summed E-state index contributed by atoms with van der Waals surface area (Å²) in [6.07, 6.45) is 1.68. The first kappa shape index (κ1) is 23.6. The third-order valence-electron chi connectivity index (χ3n) is 5.42. The molecule has 3 aromatic carbocycles. The molecule has 0 N–H and O–H groups in total. The number of anilines is 1. The van der Waals surface area contributed by atoms with Gasteiger partial charge in [-0.1, -0.05) is 50.3 Å². The summed E-state index contributed by atoms with van der Waals surface area (Å²) in [6.45, 7) is 11.1. The number of rotatable bonds is 6. The minimum absolute atomic E-state index is 0.0119. The Hall–Kier alpha value is -3.51. The van der Waals surface area contributed by atoms with Crippen molar-refractivity contribution in [1.29, 1.82) is 0 Å². The van der Waals surface area contributed by atoms with E-state index in [0.717, 1.165) is 27.1 Å². The Morgan fingerprint density at radius 3 is 2.41 bits per heavy atom. The molecule has 0 aliphatic carbocycles. The van der Waals surface area contributed by atoms with Crippen LogP contribution in [0.2, 0.25) is 0 Å². The summed E-state index contributed by atoms with van der Waals surface area (Å²) in [5.41, 5.74) is 4.61. The molecule has 6 heteroatoms. The summed E-state index contributed by atoms with van der Waals surface area (Å²) in [5.74, 6) is 0.575. The molecular weight excluding hydrogens is 442 g/mol. The predicted molar refractivity (Wildman–Crippen MR) is 142 cm³/mol. The van der Waals surface area contributed by atoms with Gasteiger partial charge in [-0.3, -0.25) is 4.79 Å². The normalized spacial score (nSPS) is 11.8. The highest BCUT2D eigenvalue weighted by molar-refractivity contribution is 7.22.